The average Bonchev–Trinajstić information content (AvgIpc) is 3.38. The number of anilines is 2. The second-order valence-corrected chi connectivity index (χ2v) is 7.47. The van der Waals surface area contributed by atoms with Gasteiger partial charge in [0, 0.05) is 13.0 Å². The second kappa shape index (κ2) is 9.83. The Kier molecular flexibility index (Phi) is 6.96. The third kappa shape index (κ3) is 5.89. The van der Waals surface area contributed by atoms with Gasteiger partial charge in [-0.1, -0.05) is 24.1 Å². The van der Waals surface area contributed by atoms with Crippen molar-refractivity contribution in [3.05, 3.63) is 46.9 Å². The minimum Gasteiger partial charge on any atom is -0.481 e. The van der Waals surface area contributed by atoms with Crippen molar-refractivity contribution < 1.29 is 14.7 Å². The summed E-state index contributed by atoms with van der Waals surface area (Å²) in [7, 11) is 0. The number of nitrogens with two attached hydrogens (primary N) is 1. The molecule has 2 aromatic heterocycles. The monoisotopic (exact) mass is 413 g/mol. The maximum absolute atomic E-state index is 12.5. The van der Waals surface area contributed by atoms with Gasteiger partial charge in [0.15, 0.2) is 5.69 Å². The quantitative estimate of drug-likeness (QED) is 0.342. The number of carboxylic acid groups (broad SMARTS) is 1. The van der Waals surface area contributed by atoms with Crippen LogP contribution in [0.15, 0.2) is 41.2 Å². The van der Waals surface area contributed by atoms with E-state index in [4.69, 9.17) is 10.8 Å². The van der Waals surface area contributed by atoms with Crippen molar-refractivity contribution in [2.75, 3.05) is 11.1 Å². The molecule has 0 spiro atoms. The Labute approximate surface area is 172 Å². The van der Waals surface area contributed by atoms with E-state index >= 15 is 0 Å². The summed E-state index contributed by atoms with van der Waals surface area (Å²) in [4.78, 5) is 23.0. The van der Waals surface area contributed by atoms with Gasteiger partial charge in [-0.3, -0.25) is 14.3 Å². The molecule has 29 heavy (non-hydrogen) atoms. The smallest absolute Gasteiger partial charge is 0.303 e. The van der Waals surface area contributed by atoms with Gasteiger partial charge in [0.05, 0.1) is 17.6 Å². The number of aryl methyl sites for hydroxylation is 1. The molecule has 0 atom stereocenters. The zero-order chi connectivity index (χ0) is 20.6. The zero-order valence-electron chi connectivity index (χ0n) is 15.9. The lowest BCUT2D eigenvalue weighted by Gasteiger charge is -2.09. The van der Waals surface area contributed by atoms with Crippen LogP contribution in [0.2, 0.25) is 0 Å². The van der Waals surface area contributed by atoms with E-state index in [-0.39, 0.29) is 18.0 Å². The van der Waals surface area contributed by atoms with Crippen LogP contribution in [0.4, 0.5) is 11.4 Å². The fraction of sp³-hybridized carbons (Fsp3) is 0.300. The third-order valence-electron chi connectivity index (χ3n) is 4.46. The minimum absolute atomic E-state index is 0.199. The van der Waals surface area contributed by atoms with Gasteiger partial charge in [-0.2, -0.15) is 11.3 Å². The van der Waals surface area contributed by atoms with Crippen LogP contribution in [0.1, 0.15) is 42.6 Å². The fourth-order valence-corrected chi connectivity index (χ4v) is 3.54. The molecule has 0 aliphatic carbocycles. The third-order valence-corrected chi connectivity index (χ3v) is 5.14. The zero-order valence-corrected chi connectivity index (χ0v) is 16.7. The van der Waals surface area contributed by atoms with Crippen molar-refractivity contribution in [1.82, 2.24) is 15.0 Å². The molecule has 4 N–H and O–H groups in total. The minimum atomic E-state index is -0.765. The van der Waals surface area contributed by atoms with E-state index in [1.54, 1.807) is 28.3 Å². The number of unbranched alkanes of at least 4 members (excludes halogenated alkanes) is 3. The van der Waals surface area contributed by atoms with Crippen LogP contribution in [0.5, 0.6) is 0 Å². The molecule has 152 valence electrons. The Morgan fingerprint density at radius 2 is 1.97 bits per heavy atom. The van der Waals surface area contributed by atoms with E-state index in [1.165, 1.54) is 0 Å². The summed E-state index contributed by atoms with van der Waals surface area (Å²) in [5.74, 6) is -1.13. The summed E-state index contributed by atoms with van der Waals surface area (Å²) >= 11 is 1.60. The van der Waals surface area contributed by atoms with Crippen LogP contribution < -0.4 is 11.1 Å². The Morgan fingerprint density at radius 1 is 1.14 bits per heavy atom. The van der Waals surface area contributed by atoms with E-state index in [1.807, 2.05) is 29.0 Å². The van der Waals surface area contributed by atoms with Crippen LogP contribution in [0, 0.1) is 0 Å². The number of carbonyl (C=O) groups excluding carboxylic acids is 1. The van der Waals surface area contributed by atoms with Gasteiger partial charge in [0.25, 0.3) is 5.91 Å². The van der Waals surface area contributed by atoms with E-state index in [0.717, 1.165) is 30.4 Å². The molecule has 0 fully saturated rings. The van der Waals surface area contributed by atoms with Crippen molar-refractivity contribution in [1.29, 1.82) is 0 Å². The first-order valence-electron chi connectivity index (χ1n) is 9.38. The van der Waals surface area contributed by atoms with E-state index in [2.05, 4.69) is 15.6 Å². The molecule has 0 radical (unpaired) electrons. The highest BCUT2D eigenvalue weighted by Crippen LogP contribution is 2.28. The molecule has 1 amide bonds. The van der Waals surface area contributed by atoms with Crippen molar-refractivity contribution in [3.8, 4) is 11.1 Å². The normalized spacial score (nSPS) is 10.8. The maximum Gasteiger partial charge on any atom is 0.303 e. The topological polar surface area (TPSA) is 123 Å². The standard InChI is InChI=1S/C20H23N5O3S/c21-16-7-6-14(15-8-10-29-13-15)11-17(16)22-20(28)18-12-25(24-23-18)9-4-2-1-3-5-19(26)27/h6-8,10-13H,1-5,9,21H2,(H,22,28)(H,26,27). The molecule has 0 aliphatic rings. The summed E-state index contributed by atoms with van der Waals surface area (Å²) in [6, 6.07) is 7.54. The number of rotatable bonds is 10. The molecule has 8 nitrogen and oxygen atoms in total. The van der Waals surface area contributed by atoms with Gasteiger partial charge in [-0.05, 0) is 52.9 Å². The number of hydrogen-bond donors (Lipinski definition) is 3. The molecule has 0 bridgehead atoms. The number of aromatic nitrogens is 3. The second-order valence-electron chi connectivity index (χ2n) is 6.69. The molecule has 1 aromatic carbocycles. The number of benzene rings is 1. The fourth-order valence-electron chi connectivity index (χ4n) is 2.87. The van der Waals surface area contributed by atoms with Gasteiger partial charge >= 0.3 is 5.97 Å². The van der Waals surface area contributed by atoms with Gasteiger partial charge < -0.3 is 16.2 Å². The van der Waals surface area contributed by atoms with Gasteiger partial charge in [0.2, 0.25) is 0 Å². The summed E-state index contributed by atoms with van der Waals surface area (Å²) < 4.78 is 1.62. The average molecular weight is 414 g/mol. The van der Waals surface area contributed by atoms with Crippen molar-refractivity contribution in [3.63, 3.8) is 0 Å². The SMILES string of the molecule is Nc1ccc(-c2ccsc2)cc1NC(=O)c1cn(CCCCCCC(=O)O)nn1. The molecule has 3 rings (SSSR count). The van der Waals surface area contributed by atoms with Gasteiger partial charge in [0.1, 0.15) is 0 Å². The highest BCUT2D eigenvalue weighted by Gasteiger charge is 2.13. The number of nitrogens with zero attached hydrogens (tertiary/aromatic N) is 3. The Bertz CT molecular complexity index is 968. The molecule has 9 heteroatoms. The molecule has 2 heterocycles. The molecule has 0 saturated carbocycles. The van der Waals surface area contributed by atoms with Crippen LogP contribution in [0.3, 0.4) is 0 Å². The highest BCUT2D eigenvalue weighted by molar-refractivity contribution is 7.08. The largest absolute Gasteiger partial charge is 0.481 e. The first-order valence-corrected chi connectivity index (χ1v) is 10.3. The van der Waals surface area contributed by atoms with E-state index in [9.17, 15) is 9.59 Å². The number of thiophene rings is 1. The first-order chi connectivity index (χ1) is 14.0. The summed E-state index contributed by atoms with van der Waals surface area (Å²) in [6.45, 7) is 0.628. The van der Waals surface area contributed by atoms with Crippen LogP contribution in [-0.4, -0.2) is 32.0 Å². The number of nitrogen functional groups attached to an aromatic ring is 1. The van der Waals surface area contributed by atoms with Crippen LogP contribution >= 0.6 is 11.3 Å². The molecule has 0 aliphatic heterocycles. The van der Waals surface area contributed by atoms with Gasteiger partial charge in [-0.15, -0.1) is 5.10 Å². The molecular formula is C20H23N5O3S. The molecule has 0 saturated heterocycles. The summed E-state index contributed by atoms with van der Waals surface area (Å²) in [6.07, 6.45) is 5.08. The maximum atomic E-state index is 12.5. The number of nitrogens with one attached hydrogen (secondary N) is 1. The lowest BCUT2D eigenvalue weighted by atomic mass is 10.1. The lowest BCUT2D eigenvalue weighted by molar-refractivity contribution is -0.137. The predicted octanol–water partition coefficient (Wildman–Crippen LogP) is 3.88. The molecule has 0 unspecified atom stereocenters. The summed E-state index contributed by atoms with van der Waals surface area (Å²) in [5.41, 5.74) is 9.28. The van der Waals surface area contributed by atoms with Gasteiger partial charge in [-0.25, -0.2) is 0 Å². The predicted molar refractivity (Wildman–Crippen MR) is 113 cm³/mol. The number of amides is 1. The van der Waals surface area contributed by atoms with Crippen LogP contribution in [0.25, 0.3) is 11.1 Å². The number of aliphatic carboxylic acids is 1. The lowest BCUT2D eigenvalue weighted by Crippen LogP contribution is -2.13. The Balaban J connectivity index is 1.54. The van der Waals surface area contributed by atoms with Crippen molar-refractivity contribution in [2.24, 2.45) is 0 Å². The van der Waals surface area contributed by atoms with Crippen molar-refractivity contribution >= 4 is 34.6 Å². The van der Waals surface area contributed by atoms with Crippen molar-refractivity contribution in [2.45, 2.75) is 38.6 Å². The molecule has 3 aromatic rings. The Hall–Kier alpha value is -3.20. The summed E-state index contributed by atoms with van der Waals surface area (Å²) in [5, 5.41) is 23.4. The molecular weight excluding hydrogens is 390 g/mol. The first kappa shape index (κ1) is 20.5. The van der Waals surface area contributed by atoms with E-state index in [0.29, 0.717) is 24.3 Å². The number of carboxylic acids is 1. The number of hydrogen-bond acceptors (Lipinski definition) is 6. The number of carbonyl (C=O) groups is 2. The highest BCUT2D eigenvalue weighted by atomic mass is 32.1. The Morgan fingerprint density at radius 3 is 2.72 bits per heavy atom. The van der Waals surface area contributed by atoms with E-state index < -0.39 is 5.97 Å². The van der Waals surface area contributed by atoms with Crippen LogP contribution in [-0.2, 0) is 11.3 Å².